The highest BCUT2D eigenvalue weighted by Crippen LogP contribution is 2.69. The van der Waals surface area contributed by atoms with E-state index in [1.54, 1.807) is 0 Å². The second-order valence-electron chi connectivity index (χ2n) is 13.6. The summed E-state index contributed by atoms with van der Waals surface area (Å²) in [5.41, 5.74) is -10.8. The van der Waals surface area contributed by atoms with Crippen LogP contribution in [-0.4, -0.2) is 123 Å². The van der Waals surface area contributed by atoms with Crippen molar-refractivity contribution >= 4 is 43.5 Å². The standard InChI is InChI=1S/C38H24O25/c39-13-7(19(45)25(51)20(46)9(13)10-21(47)30(56)33(59)31(57)22(10)48)1-3-5(17(43)28(54)26(52)15(3)41)2(6-4(1)16(42)27(53)29(55)18(6)44)8-14(40)11-12-24(50)32(58)34(60)36(62)38(12)63-37(11)35(61)23(8)49/h39-62H. The van der Waals surface area contributed by atoms with Crippen LogP contribution in [0.3, 0.4) is 0 Å². The number of rotatable bonds is 3. The van der Waals surface area contributed by atoms with Crippen molar-refractivity contribution in [2.24, 2.45) is 0 Å². The predicted molar refractivity (Wildman–Crippen MR) is 205 cm³/mol. The van der Waals surface area contributed by atoms with Gasteiger partial charge < -0.3 is 127 Å². The molecular weight excluding hydrogens is 856 g/mol. The number of phenols is 24. The van der Waals surface area contributed by atoms with Gasteiger partial charge in [0.15, 0.2) is 68.7 Å². The zero-order valence-corrected chi connectivity index (χ0v) is 30.1. The van der Waals surface area contributed by atoms with Crippen molar-refractivity contribution in [2.75, 3.05) is 0 Å². The van der Waals surface area contributed by atoms with E-state index in [4.69, 9.17) is 4.42 Å². The average Bonchev–Trinajstić information content (AvgIpc) is 3.67. The molecule has 25 heteroatoms. The van der Waals surface area contributed by atoms with E-state index in [0.29, 0.717) is 0 Å². The molecule has 0 aliphatic carbocycles. The summed E-state index contributed by atoms with van der Waals surface area (Å²) in [7, 11) is 0. The Hall–Kier alpha value is -9.94. The first kappa shape index (κ1) is 39.9. The summed E-state index contributed by atoms with van der Waals surface area (Å²) in [5.74, 6) is -39.6. The Morgan fingerprint density at radius 3 is 0.698 bits per heavy atom. The van der Waals surface area contributed by atoms with Gasteiger partial charge in [-0.2, -0.15) is 0 Å². The van der Waals surface area contributed by atoms with Crippen molar-refractivity contribution < 1.29 is 127 Å². The molecule has 1 heterocycles. The first-order chi connectivity index (χ1) is 29.3. The third-order valence-corrected chi connectivity index (χ3v) is 10.5. The molecule has 0 bridgehead atoms. The van der Waals surface area contributed by atoms with Gasteiger partial charge >= 0.3 is 0 Å². The van der Waals surface area contributed by atoms with E-state index in [1.807, 2.05) is 0 Å². The molecule has 25 nitrogen and oxygen atoms in total. The third kappa shape index (κ3) is 4.51. The first-order valence-electron chi connectivity index (χ1n) is 16.8. The van der Waals surface area contributed by atoms with Crippen molar-refractivity contribution in [3.63, 3.8) is 0 Å². The van der Waals surface area contributed by atoms with Gasteiger partial charge in [-0.3, -0.25) is 0 Å². The molecule has 0 spiro atoms. The van der Waals surface area contributed by atoms with Gasteiger partial charge in [0.05, 0.1) is 33.0 Å². The minimum Gasteiger partial charge on any atom is -0.506 e. The van der Waals surface area contributed by atoms with E-state index >= 15 is 0 Å². The molecule has 0 aliphatic heterocycles. The summed E-state index contributed by atoms with van der Waals surface area (Å²) in [6.07, 6.45) is 0. The Bertz CT molecular complexity index is 3380. The molecule has 0 amide bonds. The molecule has 0 aliphatic rings. The van der Waals surface area contributed by atoms with E-state index in [0.717, 1.165) is 0 Å². The van der Waals surface area contributed by atoms with Crippen molar-refractivity contribution in [3.8, 4) is 171 Å². The number of hydrogen-bond acceptors (Lipinski definition) is 25. The smallest absolute Gasteiger partial charge is 0.208 e. The van der Waals surface area contributed by atoms with Gasteiger partial charge in [-0.15, -0.1) is 0 Å². The second-order valence-corrected chi connectivity index (χ2v) is 13.6. The molecule has 0 unspecified atom stereocenters. The monoisotopic (exact) mass is 880 g/mol. The Morgan fingerprint density at radius 1 is 0.143 bits per heavy atom. The summed E-state index contributed by atoms with van der Waals surface area (Å²) in [4.78, 5) is 0. The third-order valence-electron chi connectivity index (χ3n) is 10.5. The summed E-state index contributed by atoms with van der Waals surface area (Å²) in [6.45, 7) is 0. The minimum absolute atomic E-state index is 0.961. The Morgan fingerprint density at radius 2 is 0.333 bits per heavy atom. The van der Waals surface area contributed by atoms with E-state index in [-0.39, 0.29) is 0 Å². The minimum atomic E-state index is -1.82. The Kier molecular flexibility index (Phi) is 7.78. The number of furan rings is 1. The molecule has 7 aromatic carbocycles. The topological polar surface area (TPSA) is 499 Å². The van der Waals surface area contributed by atoms with Crippen LogP contribution >= 0.6 is 0 Å². The van der Waals surface area contributed by atoms with Crippen LogP contribution in [0.2, 0.25) is 0 Å². The lowest BCUT2D eigenvalue weighted by molar-refractivity contribution is 0.329. The summed E-state index contributed by atoms with van der Waals surface area (Å²) in [5, 5.41) is 256. The lowest BCUT2D eigenvalue weighted by atomic mass is 9.81. The molecule has 0 fully saturated rings. The van der Waals surface area contributed by atoms with E-state index < -0.39 is 215 Å². The molecule has 1 aromatic heterocycles. The summed E-state index contributed by atoms with van der Waals surface area (Å²) in [6, 6.07) is 0. The fourth-order valence-electron chi connectivity index (χ4n) is 7.58. The molecule has 326 valence electrons. The summed E-state index contributed by atoms with van der Waals surface area (Å²) < 4.78 is 5.27. The van der Waals surface area contributed by atoms with Crippen LogP contribution in [0, 0.1) is 0 Å². The van der Waals surface area contributed by atoms with Gasteiger partial charge in [-0.1, -0.05) is 0 Å². The van der Waals surface area contributed by atoms with Crippen molar-refractivity contribution in [1.29, 1.82) is 0 Å². The fraction of sp³-hybridized carbons (Fsp3) is 0. The molecule has 0 radical (unpaired) electrons. The Balaban J connectivity index is 1.73. The van der Waals surface area contributed by atoms with E-state index in [1.165, 1.54) is 0 Å². The molecule has 0 saturated carbocycles. The van der Waals surface area contributed by atoms with Gasteiger partial charge in [-0.05, 0) is 0 Å². The van der Waals surface area contributed by atoms with Crippen LogP contribution in [0.15, 0.2) is 4.42 Å². The van der Waals surface area contributed by atoms with Crippen LogP contribution in [0.25, 0.3) is 76.9 Å². The number of fused-ring (bicyclic) bond motifs is 5. The number of aromatic hydroxyl groups is 24. The zero-order valence-electron chi connectivity index (χ0n) is 30.1. The van der Waals surface area contributed by atoms with E-state index in [2.05, 4.69) is 0 Å². The SMILES string of the molecule is Oc1c(O)c(O)c(-c2c(O)c(O)c(O)c(-c3c4c(O)c(O)c(O)c(O)c4c(-c4c(O)c(O)c5oc6c(O)c(O)c(O)c(O)c6c5c4O)c4c(O)c(O)c(O)c(O)c34)c2O)c(O)c1O. The molecule has 0 saturated heterocycles. The highest BCUT2D eigenvalue weighted by Gasteiger charge is 2.40. The van der Waals surface area contributed by atoms with E-state index in [9.17, 15) is 123 Å². The van der Waals surface area contributed by atoms with Crippen LogP contribution in [0.5, 0.6) is 138 Å². The van der Waals surface area contributed by atoms with Crippen LogP contribution in [0.1, 0.15) is 0 Å². The first-order valence-corrected chi connectivity index (χ1v) is 16.8. The van der Waals surface area contributed by atoms with Gasteiger partial charge in [-0.25, -0.2) is 0 Å². The summed E-state index contributed by atoms with van der Waals surface area (Å²) >= 11 is 0. The van der Waals surface area contributed by atoms with Gasteiger partial charge in [0.2, 0.25) is 69.0 Å². The zero-order chi connectivity index (χ0) is 46.6. The Labute approximate surface area is 341 Å². The lowest BCUT2D eigenvalue weighted by Crippen LogP contribution is -1.97. The maximum Gasteiger partial charge on any atom is 0.208 e. The lowest BCUT2D eigenvalue weighted by Gasteiger charge is -2.25. The van der Waals surface area contributed by atoms with Crippen LogP contribution in [0.4, 0.5) is 0 Å². The number of hydrogen-bond donors (Lipinski definition) is 24. The molecule has 8 aromatic rings. The predicted octanol–water partition coefficient (Wildman–Crippen LogP) is 3.83. The fourth-order valence-corrected chi connectivity index (χ4v) is 7.58. The van der Waals surface area contributed by atoms with Crippen molar-refractivity contribution in [1.82, 2.24) is 0 Å². The van der Waals surface area contributed by atoms with Gasteiger partial charge in [0.1, 0.15) is 11.5 Å². The second kappa shape index (κ2) is 12.3. The van der Waals surface area contributed by atoms with Crippen LogP contribution in [-0.2, 0) is 0 Å². The molecule has 24 N–H and O–H groups in total. The quantitative estimate of drug-likeness (QED) is 0.0681. The number of benzene rings is 7. The highest BCUT2D eigenvalue weighted by atomic mass is 16.4. The molecule has 63 heavy (non-hydrogen) atoms. The normalized spacial score (nSPS) is 11.7. The molecular formula is C38H24O25. The van der Waals surface area contributed by atoms with Crippen molar-refractivity contribution in [2.45, 2.75) is 0 Å². The maximum atomic E-state index is 12.0. The average molecular weight is 881 g/mol. The number of phenolic OH excluding ortho intramolecular Hbond substituents is 24. The van der Waals surface area contributed by atoms with Crippen LogP contribution < -0.4 is 0 Å². The molecule has 0 atom stereocenters. The van der Waals surface area contributed by atoms with Crippen molar-refractivity contribution in [3.05, 3.63) is 0 Å². The van der Waals surface area contributed by atoms with Gasteiger partial charge in [0, 0.05) is 32.7 Å². The van der Waals surface area contributed by atoms with Gasteiger partial charge in [0.25, 0.3) is 0 Å². The maximum absolute atomic E-state index is 12.0. The molecule has 8 rings (SSSR count). The largest absolute Gasteiger partial charge is 0.506 e. The highest BCUT2D eigenvalue weighted by molar-refractivity contribution is 6.32.